The largest absolute Gasteiger partial charge is 0.433 e. The molecule has 0 aliphatic heterocycles. The van der Waals surface area contributed by atoms with Crippen LogP contribution >= 0.6 is 0 Å². The minimum absolute atomic E-state index is 0.903. The van der Waals surface area contributed by atoms with Gasteiger partial charge in [0.2, 0.25) is 0 Å². The number of hydrogen-bond acceptors (Lipinski definition) is 1. The van der Waals surface area contributed by atoms with Gasteiger partial charge in [-0.1, -0.05) is 36.9 Å². The summed E-state index contributed by atoms with van der Waals surface area (Å²) in [5, 5.41) is 0.903. The molecule has 0 atom stereocenters. The van der Waals surface area contributed by atoms with Crippen molar-refractivity contribution >= 4 is 15.0 Å². The van der Waals surface area contributed by atoms with Crippen molar-refractivity contribution in [2.45, 2.75) is 0 Å². The third-order valence-corrected chi connectivity index (χ3v) is 2.16. The molecule has 0 spiro atoms. The van der Waals surface area contributed by atoms with Crippen LogP contribution in [0.3, 0.4) is 0 Å². The fourth-order valence-corrected chi connectivity index (χ4v) is 1.18. The molecule has 0 fully saturated rings. The van der Waals surface area contributed by atoms with Crippen molar-refractivity contribution in [3.63, 3.8) is 0 Å². The van der Waals surface area contributed by atoms with Gasteiger partial charge >= 0.3 is 0 Å². The second-order valence-corrected chi connectivity index (χ2v) is 3.30. The summed E-state index contributed by atoms with van der Waals surface area (Å²) >= 11 is 0. The normalized spacial score (nSPS) is 10.5. The van der Waals surface area contributed by atoms with E-state index in [1.807, 2.05) is 30.3 Å². The number of hydrogen-bond donors (Lipinski definition) is 1. The fourth-order valence-electron chi connectivity index (χ4n) is 0.765. The summed E-state index contributed by atoms with van der Waals surface area (Å²) in [6.45, 7) is 3.76. The van der Waals surface area contributed by atoms with E-state index in [0.29, 0.717) is 0 Å². The predicted octanol–water partition coefficient (Wildman–Crippen LogP) is 0.733. The Morgan fingerprint density at radius 3 is 2.40 bits per heavy atom. The predicted molar refractivity (Wildman–Crippen MR) is 46.2 cm³/mol. The van der Waals surface area contributed by atoms with Gasteiger partial charge in [0.1, 0.15) is 0 Å². The van der Waals surface area contributed by atoms with E-state index >= 15 is 0 Å². The highest BCUT2D eigenvalue weighted by molar-refractivity contribution is 6.53. The smallest absolute Gasteiger partial charge is 0.187 e. The molecule has 52 valence electrons. The molecule has 0 bridgehead atoms. The molecule has 0 unspecified atom stereocenters. The van der Waals surface area contributed by atoms with Crippen LogP contribution in [0.1, 0.15) is 5.56 Å². The average Bonchev–Trinajstić information content (AvgIpc) is 2.05. The molecule has 0 aliphatic carbocycles. The van der Waals surface area contributed by atoms with Crippen LogP contribution in [-0.2, 0) is 0 Å². The maximum Gasteiger partial charge on any atom is 0.187 e. The highest BCUT2D eigenvalue weighted by Crippen LogP contribution is 2.07. The van der Waals surface area contributed by atoms with Crippen LogP contribution in [0, 0.1) is 0 Å². The maximum atomic E-state index is 8.83. The Labute approximate surface area is 63.0 Å². The molecule has 0 heterocycles. The highest BCUT2D eigenvalue weighted by Gasteiger charge is 1.93. The van der Waals surface area contributed by atoms with Gasteiger partial charge in [-0.25, -0.2) is 0 Å². The molecule has 1 aromatic carbocycles. The first-order valence-corrected chi connectivity index (χ1v) is 4.52. The number of rotatable bonds is 2. The molecule has 0 aromatic heterocycles. The van der Waals surface area contributed by atoms with Crippen LogP contribution in [0.5, 0.6) is 0 Å². The lowest BCUT2D eigenvalue weighted by Gasteiger charge is -1.98. The minimum atomic E-state index is -1.05. The molecule has 0 radical (unpaired) electrons. The third-order valence-electron chi connectivity index (χ3n) is 1.37. The third kappa shape index (κ3) is 1.56. The lowest BCUT2D eigenvalue weighted by Crippen LogP contribution is -1.91. The summed E-state index contributed by atoms with van der Waals surface area (Å²) in [6.07, 6.45) is 0. The summed E-state index contributed by atoms with van der Waals surface area (Å²) < 4.78 is 0. The Balaban J connectivity index is 2.85. The van der Waals surface area contributed by atoms with Gasteiger partial charge < -0.3 is 4.80 Å². The van der Waals surface area contributed by atoms with E-state index in [4.69, 9.17) is 4.80 Å². The van der Waals surface area contributed by atoms with Gasteiger partial charge in [-0.3, -0.25) is 0 Å². The standard InChI is InChI=1S/C8H10OSi/c1-7(10-9)8-5-3-2-4-6-8/h2-6,9H,1,10H2. The summed E-state index contributed by atoms with van der Waals surface area (Å²) in [7, 11) is -1.05. The van der Waals surface area contributed by atoms with Gasteiger partial charge in [-0.15, -0.1) is 0 Å². The molecule has 0 saturated carbocycles. The van der Waals surface area contributed by atoms with Crippen LogP contribution in [0.15, 0.2) is 36.9 Å². The first-order chi connectivity index (χ1) is 4.84. The molecule has 2 heteroatoms. The van der Waals surface area contributed by atoms with Crippen molar-refractivity contribution in [3.8, 4) is 0 Å². The van der Waals surface area contributed by atoms with E-state index in [0.717, 1.165) is 10.8 Å². The van der Waals surface area contributed by atoms with Crippen molar-refractivity contribution in [2.75, 3.05) is 0 Å². The molecule has 1 nitrogen and oxygen atoms in total. The monoisotopic (exact) mass is 150 g/mol. The Bertz CT molecular complexity index is 218. The first kappa shape index (κ1) is 7.25. The molecule has 0 aliphatic rings. The molecule has 10 heavy (non-hydrogen) atoms. The second-order valence-electron chi connectivity index (χ2n) is 2.13. The molecular formula is C8H10OSi. The Hall–Kier alpha value is -0.863. The lowest BCUT2D eigenvalue weighted by molar-refractivity contribution is 0.616. The van der Waals surface area contributed by atoms with E-state index < -0.39 is 9.76 Å². The summed E-state index contributed by atoms with van der Waals surface area (Å²) in [5.41, 5.74) is 1.07. The minimum Gasteiger partial charge on any atom is -0.433 e. The van der Waals surface area contributed by atoms with Crippen molar-refractivity contribution in [1.82, 2.24) is 0 Å². The van der Waals surface area contributed by atoms with Gasteiger partial charge in [0.15, 0.2) is 9.76 Å². The highest BCUT2D eigenvalue weighted by atomic mass is 28.2. The Morgan fingerprint density at radius 1 is 1.30 bits per heavy atom. The van der Waals surface area contributed by atoms with Crippen LogP contribution in [0.25, 0.3) is 5.20 Å². The SMILES string of the molecule is C=C([SiH2]O)c1ccccc1. The van der Waals surface area contributed by atoms with Crippen LogP contribution < -0.4 is 0 Å². The average molecular weight is 150 g/mol. The van der Waals surface area contributed by atoms with Crippen molar-refractivity contribution < 1.29 is 4.80 Å². The Kier molecular flexibility index (Phi) is 2.42. The van der Waals surface area contributed by atoms with Gasteiger partial charge in [0.05, 0.1) is 0 Å². The van der Waals surface area contributed by atoms with Crippen molar-refractivity contribution in [3.05, 3.63) is 42.5 Å². The van der Waals surface area contributed by atoms with Crippen LogP contribution in [0.2, 0.25) is 0 Å². The van der Waals surface area contributed by atoms with Crippen LogP contribution in [-0.4, -0.2) is 14.6 Å². The Morgan fingerprint density at radius 2 is 1.90 bits per heavy atom. The molecule has 1 rings (SSSR count). The summed E-state index contributed by atoms with van der Waals surface area (Å²) in [4.78, 5) is 8.83. The van der Waals surface area contributed by atoms with Gasteiger partial charge in [-0.05, 0) is 10.8 Å². The first-order valence-electron chi connectivity index (χ1n) is 3.18. The molecule has 0 amide bonds. The van der Waals surface area contributed by atoms with Crippen LogP contribution in [0.4, 0.5) is 0 Å². The van der Waals surface area contributed by atoms with E-state index in [1.54, 1.807) is 0 Å². The quantitative estimate of drug-likeness (QED) is 0.616. The van der Waals surface area contributed by atoms with E-state index in [2.05, 4.69) is 6.58 Å². The second kappa shape index (κ2) is 3.34. The van der Waals surface area contributed by atoms with Gasteiger partial charge in [-0.2, -0.15) is 0 Å². The molecular weight excluding hydrogens is 140 g/mol. The van der Waals surface area contributed by atoms with E-state index in [1.165, 1.54) is 0 Å². The topological polar surface area (TPSA) is 20.2 Å². The lowest BCUT2D eigenvalue weighted by atomic mass is 10.2. The molecule has 1 aromatic rings. The number of benzene rings is 1. The van der Waals surface area contributed by atoms with Gasteiger partial charge in [0.25, 0.3) is 0 Å². The summed E-state index contributed by atoms with van der Waals surface area (Å²) in [6, 6.07) is 9.78. The van der Waals surface area contributed by atoms with Gasteiger partial charge in [0, 0.05) is 0 Å². The maximum absolute atomic E-state index is 8.83. The molecule has 0 saturated heterocycles. The van der Waals surface area contributed by atoms with Crippen molar-refractivity contribution in [2.24, 2.45) is 0 Å². The zero-order chi connectivity index (χ0) is 7.40. The fraction of sp³-hybridized carbons (Fsp3) is 0. The van der Waals surface area contributed by atoms with E-state index in [-0.39, 0.29) is 0 Å². The molecule has 1 N–H and O–H groups in total. The zero-order valence-corrected chi connectivity index (χ0v) is 7.16. The van der Waals surface area contributed by atoms with E-state index in [9.17, 15) is 0 Å². The van der Waals surface area contributed by atoms with Crippen molar-refractivity contribution in [1.29, 1.82) is 0 Å². The summed E-state index contributed by atoms with van der Waals surface area (Å²) in [5.74, 6) is 0. The zero-order valence-electron chi connectivity index (χ0n) is 5.75.